The third kappa shape index (κ3) is 4.18. The van der Waals surface area contributed by atoms with E-state index in [1.807, 2.05) is 49.4 Å². The Hall–Kier alpha value is -2.44. The van der Waals surface area contributed by atoms with Crippen LogP contribution in [0, 0.1) is 0 Å². The number of ether oxygens (including phenoxy) is 2. The molecule has 0 aromatic heterocycles. The van der Waals surface area contributed by atoms with E-state index in [1.165, 1.54) is 4.90 Å². The number of fused-ring (bicyclic) bond motifs is 1. The maximum atomic E-state index is 12.5. The maximum Gasteiger partial charge on any atom is 0.275 e. The van der Waals surface area contributed by atoms with Gasteiger partial charge in [0.25, 0.3) is 5.91 Å². The molecule has 2 aliphatic rings. The lowest BCUT2D eigenvalue weighted by atomic mass is 10.1. The molecular formula is C21H25ClN3O3+. The Balaban J connectivity index is 1.27. The van der Waals surface area contributed by atoms with E-state index in [1.54, 1.807) is 0 Å². The number of anilines is 1. The van der Waals surface area contributed by atoms with Gasteiger partial charge in [-0.2, -0.15) is 0 Å². The predicted molar refractivity (Wildman–Crippen MR) is 108 cm³/mol. The lowest BCUT2D eigenvalue weighted by Gasteiger charge is -2.34. The van der Waals surface area contributed by atoms with Gasteiger partial charge in [0.1, 0.15) is 0 Å². The highest BCUT2D eigenvalue weighted by molar-refractivity contribution is 6.33. The minimum absolute atomic E-state index is 0.0614. The van der Waals surface area contributed by atoms with E-state index < -0.39 is 0 Å². The number of hydrogen-bond donors (Lipinski definition) is 2. The average molecular weight is 403 g/mol. The van der Waals surface area contributed by atoms with Gasteiger partial charge in [-0.3, -0.25) is 4.79 Å². The SMILES string of the molecule is C[C@@H](NC(=O)C[NH+]1CCN(c2ccccc2Cl)CC1)c1ccc2c(c1)OCO2. The summed E-state index contributed by atoms with van der Waals surface area (Å²) in [5.41, 5.74) is 2.08. The number of piperazine rings is 1. The molecule has 2 aromatic rings. The number of nitrogens with one attached hydrogen (secondary N) is 2. The molecule has 7 heteroatoms. The largest absolute Gasteiger partial charge is 0.454 e. The van der Waals surface area contributed by atoms with Gasteiger partial charge in [0.2, 0.25) is 6.79 Å². The van der Waals surface area contributed by atoms with Gasteiger partial charge in [0.15, 0.2) is 18.0 Å². The van der Waals surface area contributed by atoms with Crippen LogP contribution in [-0.4, -0.2) is 45.4 Å². The van der Waals surface area contributed by atoms with Crippen molar-refractivity contribution >= 4 is 23.2 Å². The van der Waals surface area contributed by atoms with E-state index in [0.29, 0.717) is 6.54 Å². The molecule has 0 unspecified atom stereocenters. The molecule has 0 bridgehead atoms. The minimum atomic E-state index is -0.0779. The van der Waals surface area contributed by atoms with Crippen LogP contribution in [0.1, 0.15) is 18.5 Å². The zero-order valence-electron chi connectivity index (χ0n) is 15.9. The first-order valence-corrected chi connectivity index (χ1v) is 10.00. The fraction of sp³-hybridized carbons (Fsp3) is 0.381. The number of para-hydroxylation sites is 1. The van der Waals surface area contributed by atoms with Crippen molar-refractivity contribution in [2.45, 2.75) is 13.0 Å². The standard InChI is InChI=1S/C21H24ClN3O3/c1-15(16-6-7-19-20(12-16)28-14-27-19)23-21(26)13-24-8-10-25(11-9-24)18-5-3-2-4-17(18)22/h2-7,12,15H,8-11,13-14H2,1H3,(H,23,26)/p+1/t15-/m1/s1. The van der Waals surface area contributed by atoms with E-state index in [2.05, 4.69) is 10.2 Å². The lowest BCUT2D eigenvalue weighted by molar-refractivity contribution is -0.892. The Labute approximate surface area is 170 Å². The van der Waals surface area contributed by atoms with Crippen molar-refractivity contribution in [3.8, 4) is 11.5 Å². The van der Waals surface area contributed by atoms with Crippen molar-refractivity contribution in [1.29, 1.82) is 0 Å². The number of rotatable bonds is 5. The summed E-state index contributed by atoms with van der Waals surface area (Å²) in [5.74, 6) is 1.55. The molecule has 2 aromatic carbocycles. The molecule has 1 saturated heterocycles. The summed E-state index contributed by atoms with van der Waals surface area (Å²) in [5, 5.41) is 3.87. The molecule has 0 saturated carbocycles. The van der Waals surface area contributed by atoms with Crippen LogP contribution in [0.5, 0.6) is 11.5 Å². The van der Waals surface area contributed by atoms with Gasteiger partial charge in [-0.1, -0.05) is 29.8 Å². The van der Waals surface area contributed by atoms with Crippen LogP contribution in [0.4, 0.5) is 5.69 Å². The Morgan fingerprint density at radius 1 is 1.18 bits per heavy atom. The molecule has 4 rings (SSSR count). The summed E-state index contributed by atoms with van der Waals surface area (Å²) < 4.78 is 10.8. The summed E-state index contributed by atoms with van der Waals surface area (Å²) in [7, 11) is 0. The summed E-state index contributed by atoms with van der Waals surface area (Å²) >= 11 is 6.30. The van der Waals surface area contributed by atoms with Crippen molar-refractivity contribution in [3.63, 3.8) is 0 Å². The number of nitrogens with zero attached hydrogens (tertiary/aromatic N) is 1. The first-order valence-electron chi connectivity index (χ1n) is 9.62. The van der Waals surface area contributed by atoms with Gasteiger partial charge >= 0.3 is 0 Å². The Kier molecular flexibility index (Phi) is 5.59. The molecule has 0 spiro atoms. The summed E-state index contributed by atoms with van der Waals surface area (Å²) in [6.07, 6.45) is 0. The molecule has 1 fully saturated rings. The number of hydrogen-bond acceptors (Lipinski definition) is 4. The monoisotopic (exact) mass is 402 g/mol. The van der Waals surface area contributed by atoms with Gasteiger partial charge in [0.05, 0.1) is 42.9 Å². The Morgan fingerprint density at radius 2 is 1.93 bits per heavy atom. The molecule has 1 amide bonds. The van der Waals surface area contributed by atoms with Crippen molar-refractivity contribution in [3.05, 3.63) is 53.1 Å². The molecule has 148 valence electrons. The van der Waals surface area contributed by atoms with Crippen LogP contribution in [0.15, 0.2) is 42.5 Å². The van der Waals surface area contributed by atoms with Gasteiger partial charge in [-0.15, -0.1) is 0 Å². The molecular weight excluding hydrogens is 378 g/mol. The second kappa shape index (κ2) is 8.29. The van der Waals surface area contributed by atoms with E-state index in [4.69, 9.17) is 21.1 Å². The Bertz CT molecular complexity index is 853. The number of quaternary nitrogens is 1. The average Bonchev–Trinajstić information content (AvgIpc) is 3.17. The summed E-state index contributed by atoms with van der Waals surface area (Å²) in [6, 6.07) is 13.6. The zero-order valence-corrected chi connectivity index (χ0v) is 16.7. The Morgan fingerprint density at radius 3 is 2.71 bits per heavy atom. The first-order chi connectivity index (χ1) is 13.6. The van der Waals surface area contributed by atoms with Crippen LogP contribution in [0.25, 0.3) is 0 Å². The first kappa shape index (κ1) is 18.9. The van der Waals surface area contributed by atoms with E-state index in [0.717, 1.165) is 54.0 Å². The van der Waals surface area contributed by atoms with Crippen molar-refractivity contribution in [2.24, 2.45) is 0 Å². The van der Waals surface area contributed by atoms with Crippen molar-refractivity contribution in [1.82, 2.24) is 5.32 Å². The van der Waals surface area contributed by atoms with Gasteiger partial charge in [0, 0.05) is 0 Å². The van der Waals surface area contributed by atoms with Crippen LogP contribution >= 0.6 is 11.6 Å². The highest BCUT2D eigenvalue weighted by Gasteiger charge is 2.24. The second-order valence-corrected chi connectivity index (χ2v) is 7.67. The number of carbonyl (C=O) groups is 1. The molecule has 6 nitrogen and oxygen atoms in total. The third-order valence-electron chi connectivity index (χ3n) is 5.35. The normalized spacial score (nSPS) is 17.4. The highest BCUT2D eigenvalue weighted by atomic mass is 35.5. The summed E-state index contributed by atoms with van der Waals surface area (Å²) in [6.45, 7) is 6.33. The number of carbonyl (C=O) groups excluding carboxylic acids is 1. The van der Waals surface area contributed by atoms with E-state index in [-0.39, 0.29) is 18.7 Å². The van der Waals surface area contributed by atoms with Crippen LogP contribution < -0.4 is 24.6 Å². The van der Waals surface area contributed by atoms with Gasteiger partial charge in [-0.25, -0.2) is 0 Å². The lowest BCUT2D eigenvalue weighted by Crippen LogP contribution is -3.16. The fourth-order valence-corrected chi connectivity index (χ4v) is 3.99. The molecule has 1 atom stereocenters. The topological polar surface area (TPSA) is 55.2 Å². The van der Waals surface area contributed by atoms with E-state index in [9.17, 15) is 4.79 Å². The van der Waals surface area contributed by atoms with Gasteiger partial charge < -0.3 is 24.6 Å². The molecule has 2 N–H and O–H groups in total. The maximum absolute atomic E-state index is 12.5. The van der Waals surface area contributed by atoms with Crippen molar-refractivity contribution in [2.75, 3.05) is 44.4 Å². The third-order valence-corrected chi connectivity index (χ3v) is 5.67. The van der Waals surface area contributed by atoms with Crippen LogP contribution in [-0.2, 0) is 4.79 Å². The van der Waals surface area contributed by atoms with Crippen LogP contribution in [0.2, 0.25) is 5.02 Å². The minimum Gasteiger partial charge on any atom is -0.454 e. The highest BCUT2D eigenvalue weighted by Crippen LogP contribution is 2.34. The zero-order chi connectivity index (χ0) is 19.5. The number of halogens is 1. The fourth-order valence-electron chi connectivity index (χ4n) is 3.73. The van der Waals surface area contributed by atoms with Gasteiger partial charge in [-0.05, 0) is 36.8 Å². The molecule has 2 aliphatic heterocycles. The molecule has 0 aliphatic carbocycles. The molecule has 28 heavy (non-hydrogen) atoms. The van der Waals surface area contributed by atoms with Crippen molar-refractivity contribution < 1.29 is 19.2 Å². The second-order valence-electron chi connectivity index (χ2n) is 7.27. The smallest absolute Gasteiger partial charge is 0.275 e. The predicted octanol–water partition coefficient (Wildman–Crippen LogP) is 1.65. The number of benzene rings is 2. The van der Waals surface area contributed by atoms with E-state index >= 15 is 0 Å². The molecule has 2 heterocycles. The molecule has 0 radical (unpaired) electrons. The summed E-state index contributed by atoms with van der Waals surface area (Å²) in [4.78, 5) is 16.1. The number of amides is 1. The quantitative estimate of drug-likeness (QED) is 0.798. The van der Waals surface area contributed by atoms with Crippen LogP contribution in [0.3, 0.4) is 0 Å².